The van der Waals surface area contributed by atoms with Crippen LogP contribution in [0.1, 0.15) is 32.9 Å². The van der Waals surface area contributed by atoms with Crippen LogP contribution in [0, 0.1) is 13.8 Å². The lowest BCUT2D eigenvalue weighted by Gasteiger charge is -2.14. The lowest BCUT2D eigenvalue weighted by Crippen LogP contribution is -2.27. The minimum Gasteiger partial charge on any atom is -0.493 e. The van der Waals surface area contributed by atoms with E-state index in [9.17, 15) is 4.79 Å². The van der Waals surface area contributed by atoms with Crippen molar-refractivity contribution in [1.29, 1.82) is 0 Å². The van der Waals surface area contributed by atoms with Gasteiger partial charge in [-0.05, 0) is 61.7 Å². The average Bonchev–Trinajstić information content (AvgIpc) is 3.22. The van der Waals surface area contributed by atoms with Crippen molar-refractivity contribution in [1.82, 2.24) is 14.9 Å². The van der Waals surface area contributed by atoms with E-state index in [1.54, 1.807) is 7.11 Å². The van der Waals surface area contributed by atoms with Crippen molar-refractivity contribution in [2.75, 3.05) is 20.3 Å². The van der Waals surface area contributed by atoms with Crippen LogP contribution in [0.15, 0.2) is 73.3 Å². The first-order valence-corrected chi connectivity index (χ1v) is 12.2. The molecule has 6 heteroatoms. The van der Waals surface area contributed by atoms with Gasteiger partial charge in [-0.1, -0.05) is 42.0 Å². The Kier molecular flexibility index (Phi) is 8.06. The number of amides is 1. The largest absolute Gasteiger partial charge is 0.493 e. The number of methoxy groups -OCH3 is 1. The molecule has 4 rings (SSSR count). The second-order valence-corrected chi connectivity index (χ2v) is 8.82. The SMILES string of the molecule is C=CCc1ccc(OCCn2c(CCNC(=O)c3ccc(C)cc3C)nc3ccccc32)c(OC)c1. The number of imidazole rings is 1. The Balaban J connectivity index is 1.43. The Labute approximate surface area is 212 Å². The van der Waals surface area contributed by atoms with Gasteiger partial charge in [0.1, 0.15) is 12.4 Å². The van der Waals surface area contributed by atoms with E-state index >= 15 is 0 Å². The zero-order chi connectivity index (χ0) is 25.5. The number of rotatable bonds is 11. The van der Waals surface area contributed by atoms with Gasteiger partial charge in [-0.2, -0.15) is 0 Å². The fourth-order valence-corrected chi connectivity index (χ4v) is 4.39. The Morgan fingerprint density at radius 3 is 2.69 bits per heavy atom. The highest BCUT2D eigenvalue weighted by atomic mass is 16.5. The van der Waals surface area contributed by atoms with Crippen LogP contribution in [0.25, 0.3) is 11.0 Å². The molecular formula is C30H33N3O3. The summed E-state index contributed by atoms with van der Waals surface area (Å²) in [6, 6.07) is 19.9. The Hall–Kier alpha value is -4.06. The summed E-state index contributed by atoms with van der Waals surface area (Å²) in [5, 5.41) is 3.04. The number of para-hydroxylation sites is 2. The van der Waals surface area contributed by atoms with Crippen LogP contribution in [0.4, 0.5) is 0 Å². The van der Waals surface area contributed by atoms with Crippen LogP contribution in [-0.2, 0) is 19.4 Å². The van der Waals surface area contributed by atoms with Gasteiger partial charge in [0, 0.05) is 18.5 Å². The second kappa shape index (κ2) is 11.6. The number of carbonyl (C=O) groups excluding carboxylic acids is 1. The fourth-order valence-electron chi connectivity index (χ4n) is 4.39. The van der Waals surface area contributed by atoms with Crippen LogP contribution in [-0.4, -0.2) is 35.7 Å². The number of fused-ring (bicyclic) bond motifs is 1. The summed E-state index contributed by atoms with van der Waals surface area (Å²) in [4.78, 5) is 17.5. The highest BCUT2D eigenvalue weighted by molar-refractivity contribution is 5.95. The predicted octanol–water partition coefficient (Wildman–Crippen LogP) is 5.44. The molecule has 1 amide bonds. The molecule has 6 nitrogen and oxygen atoms in total. The molecule has 4 aromatic rings. The summed E-state index contributed by atoms with van der Waals surface area (Å²) in [5.74, 6) is 2.26. The van der Waals surface area contributed by atoms with Gasteiger partial charge in [0.05, 0.1) is 24.7 Å². The van der Waals surface area contributed by atoms with Crippen molar-refractivity contribution >= 4 is 16.9 Å². The third-order valence-electron chi connectivity index (χ3n) is 6.17. The molecule has 1 N–H and O–H groups in total. The second-order valence-electron chi connectivity index (χ2n) is 8.82. The average molecular weight is 484 g/mol. The first kappa shape index (κ1) is 25.0. The maximum atomic E-state index is 12.7. The van der Waals surface area contributed by atoms with Gasteiger partial charge >= 0.3 is 0 Å². The van der Waals surface area contributed by atoms with Crippen molar-refractivity contribution in [2.45, 2.75) is 33.2 Å². The van der Waals surface area contributed by atoms with E-state index < -0.39 is 0 Å². The number of ether oxygens (including phenoxy) is 2. The molecule has 0 aliphatic heterocycles. The monoisotopic (exact) mass is 483 g/mol. The minimum absolute atomic E-state index is 0.0644. The Bertz CT molecular complexity index is 1370. The molecule has 0 aliphatic rings. The van der Waals surface area contributed by atoms with Crippen molar-refractivity contribution in [2.24, 2.45) is 0 Å². The number of benzene rings is 3. The number of nitrogens with zero attached hydrogens (tertiary/aromatic N) is 2. The van der Waals surface area contributed by atoms with Gasteiger partial charge in [0.2, 0.25) is 0 Å². The van der Waals surface area contributed by atoms with E-state index in [1.807, 2.05) is 74.5 Å². The van der Waals surface area contributed by atoms with Crippen molar-refractivity contribution in [3.63, 3.8) is 0 Å². The van der Waals surface area contributed by atoms with Crippen molar-refractivity contribution < 1.29 is 14.3 Å². The van der Waals surface area contributed by atoms with E-state index in [4.69, 9.17) is 14.5 Å². The molecule has 0 saturated carbocycles. The molecule has 0 saturated heterocycles. The number of nitrogens with one attached hydrogen (secondary N) is 1. The first-order valence-electron chi connectivity index (χ1n) is 12.2. The topological polar surface area (TPSA) is 65.4 Å². The van der Waals surface area contributed by atoms with E-state index in [0.717, 1.165) is 40.0 Å². The first-order chi connectivity index (χ1) is 17.5. The van der Waals surface area contributed by atoms with Crippen LogP contribution in [0.3, 0.4) is 0 Å². The van der Waals surface area contributed by atoms with Gasteiger partial charge < -0.3 is 19.4 Å². The number of hydrogen-bond acceptors (Lipinski definition) is 4. The van der Waals surface area contributed by atoms with E-state index in [0.29, 0.717) is 43.2 Å². The molecule has 36 heavy (non-hydrogen) atoms. The quantitative estimate of drug-likeness (QED) is 0.289. The minimum atomic E-state index is -0.0644. The molecule has 0 unspecified atom stereocenters. The number of carbonyl (C=O) groups is 1. The van der Waals surface area contributed by atoms with Gasteiger partial charge in [0.25, 0.3) is 5.91 Å². The fraction of sp³-hybridized carbons (Fsp3) is 0.267. The Morgan fingerprint density at radius 1 is 1.08 bits per heavy atom. The number of allylic oxidation sites excluding steroid dienone is 1. The lowest BCUT2D eigenvalue weighted by atomic mass is 10.1. The molecule has 1 heterocycles. The molecule has 0 bridgehead atoms. The summed E-state index contributed by atoms with van der Waals surface area (Å²) in [6.07, 6.45) is 3.26. The summed E-state index contributed by atoms with van der Waals surface area (Å²) in [7, 11) is 1.65. The third kappa shape index (κ3) is 5.77. The molecule has 186 valence electrons. The molecule has 0 aliphatic carbocycles. The summed E-state index contributed by atoms with van der Waals surface area (Å²) < 4.78 is 13.8. The maximum absolute atomic E-state index is 12.7. The predicted molar refractivity (Wildman–Crippen MR) is 144 cm³/mol. The van der Waals surface area contributed by atoms with Gasteiger partial charge in [-0.3, -0.25) is 4.79 Å². The molecule has 0 spiro atoms. The molecule has 0 atom stereocenters. The smallest absolute Gasteiger partial charge is 0.251 e. The van der Waals surface area contributed by atoms with Gasteiger partial charge in [-0.15, -0.1) is 6.58 Å². The zero-order valence-corrected chi connectivity index (χ0v) is 21.2. The normalized spacial score (nSPS) is 10.9. The Morgan fingerprint density at radius 2 is 1.92 bits per heavy atom. The molecule has 3 aromatic carbocycles. The van der Waals surface area contributed by atoms with Crippen molar-refractivity contribution in [3.8, 4) is 11.5 Å². The van der Waals surface area contributed by atoms with E-state index in [2.05, 4.69) is 22.5 Å². The van der Waals surface area contributed by atoms with Crippen LogP contribution in [0.2, 0.25) is 0 Å². The van der Waals surface area contributed by atoms with Crippen LogP contribution < -0.4 is 14.8 Å². The lowest BCUT2D eigenvalue weighted by molar-refractivity contribution is 0.0953. The highest BCUT2D eigenvalue weighted by Gasteiger charge is 2.13. The van der Waals surface area contributed by atoms with Crippen LogP contribution in [0.5, 0.6) is 11.5 Å². The molecule has 0 radical (unpaired) electrons. The third-order valence-corrected chi connectivity index (χ3v) is 6.17. The van der Waals surface area contributed by atoms with Gasteiger partial charge in [0.15, 0.2) is 11.5 Å². The number of aromatic nitrogens is 2. The van der Waals surface area contributed by atoms with Crippen LogP contribution >= 0.6 is 0 Å². The molecule has 0 fully saturated rings. The number of aryl methyl sites for hydroxylation is 2. The number of hydrogen-bond donors (Lipinski definition) is 1. The van der Waals surface area contributed by atoms with Crippen molar-refractivity contribution in [3.05, 3.63) is 101 Å². The molecular weight excluding hydrogens is 450 g/mol. The zero-order valence-electron chi connectivity index (χ0n) is 21.2. The summed E-state index contributed by atoms with van der Waals surface area (Å²) >= 11 is 0. The standard InChI is InChI=1S/C30H33N3O3/c1-5-8-23-12-14-27(28(20-23)35-4)36-18-17-33-26-10-7-6-9-25(26)32-29(33)15-16-31-30(34)24-13-11-21(2)19-22(24)3/h5-7,9-14,19-20H,1,8,15-18H2,2-4H3,(H,31,34). The highest BCUT2D eigenvalue weighted by Crippen LogP contribution is 2.28. The summed E-state index contributed by atoms with van der Waals surface area (Å²) in [5.41, 5.74) is 5.93. The van der Waals surface area contributed by atoms with E-state index in [1.165, 1.54) is 0 Å². The van der Waals surface area contributed by atoms with E-state index in [-0.39, 0.29) is 5.91 Å². The molecule has 1 aromatic heterocycles. The summed E-state index contributed by atoms with van der Waals surface area (Å²) in [6.45, 7) is 9.36. The maximum Gasteiger partial charge on any atom is 0.251 e. The van der Waals surface area contributed by atoms with Gasteiger partial charge in [-0.25, -0.2) is 4.98 Å².